The van der Waals surface area contributed by atoms with E-state index in [9.17, 15) is 13.2 Å². The predicted octanol–water partition coefficient (Wildman–Crippen LogP) is 3.99. The first-order valence-corrected chi connectivity index (χ1v) is 5.75. The molecule has 1 N–H and O–H groups in total. The van der Waals surface area contributed by atoms with Gasteiger partial charge in [-0.1, -0.05) is 29.8 Å². The van der Waals surface area contributed by atoms with Crippen LogP contribution in [0.5, 0.6) is 0 Å². The largest absolute Gasteiger partial charge is 0.389 e. The van der Waals surface area contributed by atoms with Gasteiger partial charge in [-0.2, -0.15) is 13.2 Å². The number of rotatable bonds is 5. The van der Waals surface area contributed by atoms with Crippen LogP contribution in [0.2, 0.25) is 0 Å². The Morgan fingerprint density at radius 1 is 1.18 bits per heavy atom. The lowest BCUT2D eigenvalue weighted by atomic mass is 10.1. The van der Waals surface area contributed by atoms with Gasteiger partial charge in [0.05, 0.1) is 0 Å². The monoisotopic (exact) mass is 245 g/mol. The molecule has 96 valence electrons. The third kappa shape index (κ3) is 5.73. The van der Waals surface area contributed by atoms with E-state index in [0.717, 1.165) is 5.56 Å². The van der Waals surface area contributed by atoms with E-state index in [2.05, 4.69) is 5.32 Å². The molecule has 0 aliphatic carbocycles. The van der Waals surface area contributed by atoms with Crippen molar-refractivity contribution in [3.05, 3.63) is 35.4 Å². The van der Waals surface area contributed by atoms with E-state index < -0.39 is 12.6 Å². The van der Waals surface area contributed by atoms with Gasteiger partial charge >= 0.3 is 6.18 Å². The minimum Gasteiger partial charge on any atom is -0.310 e. The van der Waals surface area contributed by atoms with Gasteiger partial charge < -0.3 is 5.32 Å². The zero-order valence-corrected chi connectivity index (χ0v) is 10.1. The highest BCUT2D eigenvalue weighted by molar-refractivity contribution is 5.23. The molecule has 0 heterocycles. The maximum Gasteiger partial charge on any atom is 0.389 e. The summed E-state index contributed by atoms with van der Waals surface area (Å²) in [7, 11) is 0. The molecule has 1 aromatic rings. The van der Waals surface area contributed by atoms with E-state index >= 15 is 0 Å². The first-order valence-electron chi connectivity index (χ1n) is 5.75. The Morgan fingerprint density at radius 2 is 1.76 bits per heavy atom. The zero-order chi connectivity index (χ0) is 12.9. The summed E-state index contributed by atoms with van der Waals surface area (Å²) in [6.45, 7) is 4.35. The molecule has 0 aliphatic heterocycles. The molecule has 0 fully saturated rings. The molecule has 0 saturated heterocycles. The van der Waals surface area contributed by atoms with E-state index in [1.54, 1.807) is 0 Å². The summed E-state index contributed by atoms with van der Waals surface area (Å²) in [5.41, 5.74) is 2.28. The summed E-state index contributed by atoms with van der Waals surface area (Å²) in [6, 6.07) is 8.09. The fourth-order valence-electron chi connectivity index (χ4n) is 1.58. The fraction of sp³-hybridized carbons (Fsp3) is 0.538. The summed E-state index contributed by atoms with van der Waals surface area (Å²) >= 11 is 0. The molecule has 1 atom stereocenters. The van der Waals surface area contributed by atoms with Crippen molar-refractivity contribution in [3.8, 4) is 0 Å². The molecule has 4 heteroatoms. The maximum atomic E-state index is 11.9. The number of alkyl halides is 3. The SMILES string of the molecule is Cc1ccc(C(C)NCCCC(F)(F)F)cc1. The summed E-state index contributed by atoms with van der Waals surface area (Å²) in [6.07, 6.45) is -4.64. The van der Waals surface area contributed by atoms with Gasteiger partial charge in [0.25, 0.3) is 0 Å². The van der Waals surface area contributed by atoms with Crippen LogP contribution >= 0.6 is 0 Å². The van der Waals surface area contributed by atoms with Crippen LogP contribution in [-0.2, 0) is 0 Å². The minimum absolute atomic E-state index is 0.0869. The highest BCUT2D eigenvalue weighted by Crippen LogP contribution is 2.21. The smallest absolute Gasteiger partial charge is 0.310 e. The summed E-state index contributed by atoms with van der Waals surface area (Å²) in [4.78, 5) is 0. The Hall–Kier alpha value is -1.03. The number of nitrogens with one attached hydrogen (secondary N) is 1. The van der Waals surface area contributed by atoms with Gasteiger partial charge in [0.2, 0.25) is 0 Å². The van der Waals surface area contributed by atoms with Gasteiger partial charge in [0.1, 0.15) is 0 Å². The van der Waals surface area contributed by atoms with Crippen molar-refractivity contribution in [2.45, 2.75) is 38.9 Å². The molecule has 0 aliphatic rings. The predicted molar refractivity (Wildman–Crippen MR) is 62.9 cm³/mol. The lowest BCUT2D eigenvalue weighted by molar-refractivity contribution is -0.135. The van der Waals surface area contributed by atoms with Gasteiger partial charge in [-0.3, -0.25) is 0 Å². The summed E-state index contributed by atoms with van der Waals surface area (Å²) in [5, 5.41) is 3.09. The first kappa shape index (κ1) is 14.0. The number of aryl methyl sites for hydroxylation is 1. The average molecular weight is 245 g/mol. The summed E-state index contributed by atoms with van der Waals surface area (Å²) < 4.78 is 35.8. The Labute approximate surface area is 100 Å². The van der Waals surface area contributed by atoms with Crippen LogP contribution in [0.3, 0.4) is 0 Å². The molecule has 17 heavy (non-hydrogen) atoms. The Balaban J connectivity index is 2.30. The lowest BCUT2D eigenvalue weighted by Gasteiger charge is -2.15. The van der Waals surface area contributed by atoms with Crippen molar-refractivity contribution >= 4 is 0 Å². The zero-order valence-electron chi connectivity index (χ0n) is 10.1. The molecule has 1 unspecified atom stereocenters. The van der Waals surface area contributed by atoms with Crippen LogP contribution in [0.4, 0.5) is 13.2 Å². The Kier molecular flexibility index (Phi) is 5.00. The Bertz CT molecular complexity index is 330. The van der Waals surface area contributed by atoms with Crippen LogP contribution in [0.1, 0.15) is 36.9 Å². The molecule has 0 radical (unpaired) electrons. The molecule has 1 nitrogen and oxygen atoms in total. The van der Waals surface area contributed by atoms with Crippen molar-refractivity contribution in [2.24, 2.45) is 0 Å². The fourth-order valence-corrected chi connectivity index (χ4v) is 1.58. The minimum atomic E-state index is -4.05. The molecule has 0 aromatic heterocycles. The number of hydrogen-bond acceptors (Lipinski definition) is 1. The van der Waals surface area contributed by atoms with Crippen LogP contribution < -0.4 is 5.32 Å². The molecule has 0 amide bonds. The van der Waals surface area contributed by atoms with E-state index in [4.69, 9.17) is 0 Å². The normalized spacial score (nSPS) is 13.7. The second kappa shape index (κ2) is 6.05. The van der Waals surface area contributed by atoms with Gasteiger partial charge in [-0.05, 0) is 32.4 Å². The second-order valence-electron chi connectivity index (χ2n) is 4.31. The topological polar surface area (TPSA) is 12.0 Å². The molecule has 1 rings (SSSR count). The molecule has 0 saturated carbocycles. The highest BCUT2D eigenvalue weighted by atomic mass is 19.4. The lowest BCUT2D eigenvalue weighted by Crippen LogP contribution is -2.21. The third-order valence-corrected chi connectivity index (χ3v) is 2.66. The van der Waals surface area contributed by atoms with Gasteiger partial charge in [-0.25, -0.2) is 0 Å². The van der Waals surface area contributed by atoms with E-state index in [1.807, 2.05) is 38.1 Å². The highest BCUT2D eigenvalue weighted by Gasteiger charge is 2.25. The molecule has 0 spiro atoms. The first-order chi connectivity index (χ1) is 7.88. The number of hydrogen-bond donors (Lipinski definition) is 1. The van der Waals surface area contributed by atoms with E-state index in [-0.39, 0.29) is 12.5 Å². The van der Waals surface area contributed by atoms with Crippen molar-refractivity contribution in [1.29, 1.82) is 0 Å². The quantitative estimate of drug-likeness (QED) is 0.773. The van der Waals surface area contributed by atoms with E-state index in [0.29, 0.717) is 6.54 Å². The van der Waals surface area contributed by atoms with E-state index in [1.165, 1.54) is 5.56 Å². The molecule has 1 aromatic carbocycles. The van der Waals surface area contributed by atoms with Crippen LogP contribution in [0.15, 0.2) is 24.3 Å². The second-order valence-corrected chi connectivity index (χ2v) is 4.31. The number of halogens is 3. The van der Waals surface area contributed by atoms with Crippen molar-refractivity contribution in [1.82, 2.24) is 5.32 Å². The van der Waals surface area contributed by atoms with Gasteiger partial charge in [0, 0.05) is 12.5 Å². The van der Waals surface area contributed by atoms with Crippen LogP contribution in [0, 0.1) is 6.92 Å². The van der Waals surface area contributed by atoms with Gasteiger partial charge in [0.15, 0.2) is 0 Å². The van der Waals surface area contributed by atoms with Crippen molar-refractivity contribution < 1.29 is 13.2 Å². The van der Waals surface area contributed by atoms with Crippen molar-refractivity contribution in [3.63, 3.8) is 0 Å². The Morgan fingerprint density at radius 3 is 2.29 bits per heavy atom. The van der Waals surface area contributed by atoms with Crippen LogP contribution in [0.25, 0.3) is 0 Å². The van der Waals surface area contributed by atoms with Crippen LogP contribution in [-0.4, -0.2) is 12.7 Å². The van der Waals surface area contributed by atoms with Crippen molar-refractivity contribution in [2.75, 3.05) is 6.54 Å². The molecular weight excluding hydrogens is 227 g/mol. The average Bonchev–Trinajstić information content (AvgIpc) is 2.24. The van der Waals surface area contributed by atoms with Gasteiger partial charge in [-0.15, -0.1) is 0 Å². The maximum absolute atomic E-state index is 11.9. The molecular formula is C13H18F3N. The third-order valence-electron chi connectivity index (χ3n) is 2.66. The number of benzene rings is 1. The molecule has 0 bridgehead atoms. The summed E-state index contributed by atoms with van der Waals surface area (Å²) in [5.74, 6) is 0. The standard InChI is InChI=1S/C13H18F3N/c1-10-4-6-12(7-5-10)11(2)17-9-3-8-13(14,15)16/h4-7,11,17H,3,8-9H2,1-2H3.